The first-order chi connectivity index (χ1) is 17.5. The number of pyridine rings is 1. The van der Waals surface area contributed by atoms with E-state index in [-0.39, 0.29) is 11.7 Å². The normalized spacial score (nSPS) is 10.4. The number of esters is 1. The van der Waals surface area contributed by atoms with Gasteiger partial charge in [0, 0.05) is 42.7 Å². The van der Waals surface area contributed by atoms with E-state index in [4.69, 9.17) is 15.9 Å². The summed E-state index contributed by atoms with van der Waals surface area (Å²) in [5.41, 5.74) is 7.34. The minimum atomic E-state index is -0.457. The average Bonchev–Trinajstić information content (AvgIpc) is 2.90. The van der Waals surface area contributed by atoms with E-state index in [1.807, 2.05) is 30.3 Å². The molecule has 1 aromatic heterocycles. The van der Waals surface area contributed by atoms with Gasteiger partial charge in [-0.1, -0.05) is 16.9 Å². The number of aromatic nitrogens is 1. The maximum atomic E-state index is 12.3. The van der Waals surface area contributed by atoms with E-state index in [0.29, 0.717) is 29.8 Å². The molecule has 0 bridgehead atoms. The monoisotopic (exact) mass is 523 g/mol. The summed E-state index contributed by atoms with van der Waals surface area (Å²) in [6.45, 7) is 1.41. The van der Waals surface area contributed by atoms with Crippen LogP contribution in [0.4, 0.5) is 5.69 Å². The molecule has 0 aliphatic rings. The summed E-state index contributed by atoms with van der Waals surface area (Å²) in [6.07, 6.45) is 4.03. The number of hydrogen-bond acceptors (Lipinski definition) is 8. The summed E-state index contributed by atoms with van der Waals surface area (Å²) in [4.78, 5) is 28.5. The Morgan fingerprint density at radius 3 is 2.36 bits per heavy atom. The minimum absolute atomic E-state index is 0.0394. The smallest absolute Gasteiger partial charge is 0.343 e. The molecule has 36 heavy (non-hydrogen) atoms. The molecule has 10 heteroatoms. The molecule has 1 amide bonds. The van der Waals surface area contributed by atoms with Gasteiger partial charge in [-0.2, -0.15) is 0 Å². The van der Waals surface area contributed by atoms with E-state index in [9.17, 15) is 9.59 Å². The van der Waals surface area contributed by atoms with Gasteiger partial charge < -0.3 is 21.1 Å². The predicted octanol–water partition coefficient (Wildman–Crippen LogP) is 4.72. The second-order valence-corrected chi connectivity index (χ2v) is 10.1. The number of nitrogens with zero attached hydrogens (tertiary/aromatic N) is 1. The maximum absolute atomic E-state index is 12.3. The quantitative estimate of drug-likeness (QED) is 0.0596. The molecule has 0 aliphatic heterocycles. The molecule has 0 unspecified atom stereocenters. The van der Waals surface area contributed by atoms with Gasteiger partial charge in [0.1, 0.15) is 16.6 Å². The zero-order valence-electron chi connectivity index (χ0n) is 19.7. The van der Waals surface area contributed by atoms with Crippen LogP contribution in [-0.2, 0) is 4.79 Å². The van der Waals surface area contributed by atoms with Crippen LogP contribution in [0.5, 0.6) is 5.75 Å². The zero-order valence-corrected chi connectivity index (χ0v) is 21.4. The number of unbranched alkanes of at least 4 members (excludes halogenated alkanes) is 1. The second-order valence-electron chi connectivity index (χ2n) is 7.71. The first-order valence-electron chi connectivity index (χ1n) is 11.5. The largest absolute Gasteiger partial charge is 0.423 e. The third kappa shape index (κ3) is 9.63. The fraction of sp³-hybridized carbons (Fsp3) is 0.231. The predicted molar refractivity (Wildman–Crippen MR) is 147 cm³/mol. The van der Waals surface area contributed by atoms with Gasteiger partial charge in [0.25, 0.3) is 0 Å². The van der Waals surface area contributed by atoms with Gasteiger partial charge in [0.15, 0.2) is 0 Å². The van der Waals surface area contributed by atoms with E-state index in [1.54, 1.807) is 64.2 Å². The second kappa shape index (κ2) is 14.8. The van der Waals surface area contributed by atoms with Crippen molar-refractivity contribution >= 4 is 45.0 Å². The molecule has 0 radical (unpaired) electrons. The third-order valence-electron chi connectivity index (χ3n) is 4.95. The summed E-state index contributed by atoms with van der Waals surface area (Å²) < 4.78 is 5.36. The lowest BCUT2D eigenvalue weighted by Crippen LogP contribution is -2.24. The Bertz CT molecular complexity index is 1130. The van der Waals surface area contributed by atoms with Crippen LogP contribution in [0.3, 0.4) is 0 Å². The van der Waals surface area contributed by atoms with Gasteiger partial charge in [-0.15, -0.1) is 0 Å². The average molecular weight is 524 g/mol. The van der Waals surface area contributed by atoms with Crippen molar-refractivity contribution in [2.45, 2.75) is 24.3 Å². The lowest BCUT2D eigenvalue weighted by molar-refractivity contribution is -0.120. The maximum Gasteiger partial charge on any atom is 0.343 e. The van der Waals surface area contributed by atoms with Crippen molar-refractivity contribution in [3.63, 3.8) is 0 Å². The number of nitrogen functional groups attached to an aromatic ring is 1. The molecular formula is C26H29N5O3S2. The van der Waals surface area contributed by atoms with Crippen LogP contribution >= 0.6 is 21.6 Å². The molecule has 3 rings (SSSR count). The molecule has 0 aliphatic carbocycles. The van der Waals surface area contributed by atoms with Crippen LogP contribution in [0.25, 0.3) is 0 Å². The third-order valence-corrected chi connectivity index (χ3v) is 7.21. The van der Waals surface area contributed by atoms with E-state index < -0.39 is 5.97 Å². The van der Waals surface area contributed by atoms with Crippen LogP contribution < -0.4 is 21.1 Å². The Morgan fingerprint density at radius 2 is 1.67 bits per heavy atom. The molecule has 0 fully saturated rings. The van der Waals surface area contributed by atoms with Crippen molar-refractivity contribution in [1.82, 2.24) is 10.3 Å². The van der Waals surface area contributed by atoms with Gasteiger partial charge in [0.05, 0.1) is 5.56 Å². The van der Waals surface area contributed by atoms with Gasteiger partial charge in [-0.05, 0) is 84.3 Å². The first kappa shape index (κ1) is 27.1. The summed E-state index contributed by atoms with van der Waals surface area (Å²) in [6, 6.07) is 19.3. The molecule has 0 saturated heterocycles. The molecule has 0 spiro atoms. The Hall–Kier alpha value is -3.50. The number of anilines is 1. The number of amides is 1. The number of amidine groups is 1. The number of rotatable bonds is 14. The van der Waals surface area contributed by atoms with Crippen molar-refractivity contribution in [3.05, 3.63) is 84.1 Å². The van der Waals surface area contributed by atoms with Crippen LogP contribution in [0.2, 0.25) is 0 Å². The number of benzene rings is 2. The minimum Gasteiger partial charge on any atom is -0.423 e. The van der Waals surface area contributed by atoms with Gasteiger partial charge in [0.2, 0.25) is 5.91 Å². The SMILES string of the molecule is N=C(N)c1ccc(OC(=O)c2ccc(NCCCCNC(=O)CCSSc3ccccn3)cc2)cc1. The Morgan fingerprint density at radius 1 is 0.944 bits per heavy atom. The number of nitrogens with one attached hydrogen (secondary N) is 3. The molecular weight excluding hydrogens is 494 g/mol. The molecule has 188 valence electrons. The molecule has 0 atom stereocenters. The Balaban J connectivity index is 1.25. The lowest BCUT2D eigenvalue weighted by atomic mass is 10.2. The highest BCUT2D eigenvalue weighted by Crippen LogP contribution is 2.29. The van der Waals surface area contributed by atoms with Crippen molar-refractivity contribution in [3.8, 4) is 5.75 Å². The zero-order chi connectivity index (χ0) is 25.6. The van der Waals surface area contributed by atoms with Crippen molar-refractivity contribution < 1.29 is 14.3 Å². The van der Waals surface area contributed by atoms with Crippen molar-refractivity contribution in [1.29, 1.82) is 5.41 Å². The standard InChI is InChI=1S/C26H29N5O3S2/c27-25(28)19-8-12-22(13-9-19)34-26(33)20-6-10-21(11-7-20)29-15-3-4-16-30-23(32)14-18-35-36-24-5-1-2-17-31-24/h1-2,5-13,17,29H,3-4,14-16,18H2,(H3,27,28)(H,30,32). The number of ether oxygens (including phenoxy) is 1. The van der Waals surface area contributed by atoms with Crippen LogP contribution in [-0.4, -0.2) is 41.5 Å². The summed E-state index contributed by atoms with van der Waals surface area (Å²) in [5, 5.41) is 14.6. The molecule has 3 aromatic rings. The highest BCUT2D eigenvalue weighted by molar-refractivity contribution is 8.76. The fourth-order valence-electron chi connectivity index (χ4n) is 3.02. The number of carbonyl (C=O) groups excluding carboxylic acids is 2. The van der Waals surface area contributed by atoms with Gasteiger partial charge in [-0.3, -0.25) is 10.2 Å². The van der Waals surface area contributed by atoms with E-state index in [2.05, 4.69) is 15.6 Å². The van der Waals surface area contributed by atoms with E-state index >= 15 is 0 Å². The van der Waals surface area contributed by atoms with E-state index in [0.717, 1.165) is 35.9 Å². The topological polar surface area (TPSA) is 130 Å². The van der Waals surface area contributed by atoms with Crippen molar-refractivity contribution in [2.24, 2.45) is 5.73 Å². The number of hydrogen-bond donors (Lipinski definition) is 4. The lowest BCUT2D eigenvalue weighted by Gasteiger charge is -2.09. The first-order valence-corrected chi connectivity index (χ1v) is 13.8. The van der Waals surface area contributed by atoms with Crippen molar-refractivity contribution in [2.75, 3.05) is 24.2 Å². The molecule has 0 saturated carbocycles. The molecule has 2 aromatic carbocycles. The summed E-state index contributed by atoms with van der Waals surface area (Å²) in [7, 11) is 3.21. The Labute approximate surface area is 218 Å². The molecule has 1 heterocycles. The fourth-order valence-corrected chi connectivity index (χ4v) is 4.89. The summed E-state index contributed by atoms with van der Waals surface area (Å²) >= 11 is 0. The van der Waals surface area contributed by atoms with Gasteiger partial charge in [-0.25, -0.2) is 9.78 Å². The number of carbonyl (C=O) groups is 2. The van der Waals surface area contributed by atoms with Crippen LogP contribution in [0.1, 0.15) is 35.2 Å². The van der Waals surface area contributed by atoms with Gasteiger partial charge >= 0.3 is 5.97 Å². The number of nitrogens with two attached hydrogens (primary N) is 1. The molecule has 5 N–H and O–H groups in total. The van der Waals surface area contributed by atoms with Crippen LogP contribution in [0.15, 0.2) is 78.0 Å². The van der Waals surface area contributed by atoms with Crippen LogP contribution in [0, 0.1) is 5.41 Å². The van der Waals surface area contributed by atoms with E-state index in [1.165, 1.54) is 0 Å². The highest BCUT2D eigenvalue weighted by Gasteiger charge is 2.09. The Kier molecular flexibility index (Phi) is 11.1. The summed E-state index contributed by atoms with van der Waals surface area (Å²) in [5.74, 6) is 0.699. The highest BCUT2D eigenvalue weighted by atomic mass is 33.1. The molecule has 8 nitrogen and oxygen atoms in total.